The Morgan fingerprint density at radius 3 is 2.77 bits per heavy atom. The monoisotopic (exact) mass is 298 g/mol. The Bertz CT molecular complexity index is 628. The van der Waals surface area contributed by atoms with Crippen LogP contribution < -0.4 is 5.32 Å². The van der Waals surface area contributed by atoms with Gasteiger partial charge < -0.3 is 10.2 Å². The van der Waals surface area contributed by atoms with Gasteiger partial charge in [0, 0.05) is 50.3 Å². The van der Waals surface area contributed by atoms with Crippen molar-refractivity contribution in [2.75, 3.05) is 13.6 Å². The second-order valence-corrected chi connectivity index (χ2v) is 5.40. The molecule has 0 bridgehead atoms. The molecular weight excluding hydrogens is 276 g/mol. The number of nitrogens with zero attached hydrogens (tertiary/aromatic N) is 3. The molecule has 0 aromatic carbocycles. The molecule has 0 aliphatic rings. The summed E-state index contributed by atoms with van der Waals surface area (Å²) in [6.45, 7) is 5.12. The van der Waals surface area contributed by atoms with Crippen LogP contribution in [0.15, 0.2) is 36.7 Å². The van der Waals surface area contributed by atoms with E-state index in [0.29, 0.717) is 13.1 Å². The normalized spacial score (nSPS) is 10.3. The molecule has 2 amide bonds. The number of urea groups is 1. The van der Waals surface area contributed by atoms with Crippen LogP contribution in [0, 0.1) is 13.8 Å². The molecule has 5 nitrogen and oxygen atoms in total. The van der Waals surface area contributed by atoms with Crippen LogP contribution in [-0.4, -0.2) is 34.5 Å². The van der Waals surface area contributed by atoms with Crippen LogP contribution in [0.3, 0.4) is 0 Å². The maximum Gasteiger partial charge on any atom is 0.317 e. The zero-order valence-electron chi connectivity index (χ0n) is 13.3. The molecule has 2 aromatic heterocycles. The summed E-state index contributed by atoms with van der Waals surface area (Å²) >= 11 is 0. The fourth-order valence-electron chi connectivity index (χ4n) is 2.04. The van der Waals surface area contributed by atoms with E-state index in [1.807, 2.05) is 32.0 Å². The number of carbonyl (C=O) groups is 1. The van der Waals surface area contributed by atoms with E-state index in [1.54, 1.807) is 24.3 Å². The first-order valence-electron chi connectivity index (χ1n) is 7.37. The number of hydrogen-bond donors (Lipinski definition) is 1. The highest BCUT2D eigenvalue weighted by atomic mass is 16.2. The fourth-order valence-corrected chi connectivity index (χ4v) is 2.04. The molecule has 2 rings (SSSR count). The van der Waals surface area contributed by atoms with Gasteiger partial charge in [0.2, 0.25) is 0 Å². The van der Waals surface area contributed by atoms with Gasteiger partial charge in [0.25, 0.3) is 0 Å². The third-order valence-corrected chi connectivity index (χ3v) is 3.62. The number of likely N-dealkylation sites (N-methyl/N-ethyl adjacent to an activating group) is 1. The number of hydrogen-bond acceptors (Lipinski definition) is 3. The number of pyridine rings is 2. The van der Waals surface area contributed by atoms with Crippen molar-refractivity contribution in [3.63, 3.8) is 0 Å². The average molecular weight is 298 g/mol. The van der Waals surface area contributed by atoms with Crippen molar-refractivity contribution >= 4 is 6.03 Å². The predicted molar refractivity (Wildman–Crippen MR) is 86.5 cm³/mol. The molecule has 22 heavy (non-hydrogen) atoms. The summed E-state index contributed by atoms with van der Waals surface area (Å²) in [5.74, 6) is 0. The first kappa shape index (κ1) is 15.9. The third kappa shape index (κ3) is 4.55. The highest BCUT2D eigenvalue weighted by Gasteiger charge is 2.08. The van der Waals surface area contributed by atoms with Crippen LogP contribution in [0.1, 0.15) is 22.5 Å². The number of aromatic nitrogens is 2. The molecule has 116 valence electrons. The van der Waals surface area contributed by atoms with E-state index in [9.17, 15) is 4.79 Å². The van der Waals surface area contributed by atoms with Crippen molar-refractivity contribution in [1.82, 2.24) is 20.2 Å². The molecule has 1 N–H and O–H groups in total. The SMILES string of the molecule is Cc1cc(CNC(=O)N(C)CCc2ccccn2)cnc1C. The van der Waals surface area contributed by atoms with Gasteiger partial charge >= 0.3 is 6.03 Å². The van der Waals surface area contributed by atoms with E-state index in [2.05, 4.69) is 21.4 Å². The van der Waals surface area contributed by atoms with Gasteiger partial charge in [-0.25, -0.2) is 4.79 Å². The van der Waals surface area contributed by atoms with Crippen LogP contribution in [-0.2, 0) is 13.0 Å². The maximum atomic E-state index is 12.1. The fraction of sp³-hybridized carbons (Fsp3) is 0.353. The van der Waals surface area contributed by atoms with Crippen molar-refractivity contribution in [2.45, 2.75) is 26.8 Å². The van der Waals surface area contributed by atoms with Gasteiger partial charge in [-0.1, -0.05) is 12.1 Å². The summed E-state index contributed by atoms with van der Waals surface area (Å²) < 4.78 is 0. The van der Waals surface area contributed by atoms with Crippen LogP contribution in [0.25, 0.3) is 0 Å². The van der Waals surface area contributed by atoms with Gasteiger partial charge in [-0.3, -0.25) is 9.97 Å². The molecule has 0 fully saturated rings. The lowest BCUT2D eigenvalue weighted by atomic mass is 10.1. The molecule has 0 saturated heterocycles. The predicted octanol–water partition coefficient (Wildman–Crippen LogP) is 2.48. The molecule has 5 heteroatoms. The highest BCUT2D eigenvalue weighted by Crippen LogP contribution is 2.06. The second-order valence-electron chi connectivity index (χ2n) is 5.40. The van der Waals surface area contributed by atoms with Crippen molar-refractivity contribution in [3.8, 4) is 0 Å². The second kappa shape index (κ2) is 7.54. The Labute approximate surface area is 131 Å². The Morgan fingerprint density at radius 1 is 1.27 bits per heavy atom. The van der Waals surface area contributed by atoms with Crippen LogP contribution in [0.4, 0.5) is 4.79 Å². The Kier molecular flexibility index (Phi) is 5.47. The molecule has 0 unspecified atom stereocenters. The van der Waals surface area contributed by atoms with Gasteiger partial charge in [0.15, 0.2) is 0 Å². The molecule has 0 aliphatic heterocycles. The lowest BCUT2D eigenvalue weighted by molar-refractivity contribution is 0.209. The van der Waals surface area contributed by atoms with E-state index in [1.165, 1.54) is 0 Å². The van der Waals surface area contributed by atoms with Crippen LogP contribution >= 0.6 is 0 Å². The number of aryl methyl sites for hydroxylation is 2. The zero-order valence-corrected chi connectivity index (χ0v) is 13.3. The van der Waals surface area contributed by atoms with E-state index < -0.39 is 0 Å². The maximum absolute atomic E-state index is 12.1. The molecule has 0 saturated carbocycles. The number of carbonyl (C=O) groups excluding carboxylic acids is 1. The smallest absolute Gasteiger partial charge is 0.317 e. The minimum Gasteiger partial charge on any atom is -0.334 e. The minimum absolute atomic E-state index is 0.0887. The molecule has 0 radical (unpaired) electrons. The van der Waals surface area contributed by atoms with Crippen LogP contribution in [0.2, 0.25) is 0 Å². The minimum atomic E-state index is -0.0887. The Balaban J connectivity index is 1.79. The number of nitrogens with one attached hydrogen (secondary N) is 1. The summed E-state index contributed by atoms with van der Waals surface area (Å²) in [7, 11) is 1.79. The number of rotatable bonds is 5. The highest BCUT2D eigenvalue weighted by molar-refractivity contribution is 5.73. The standard InChI is InChI=1S/C17H22N4O/c1-13-10-15(11-19-14(13)2)12-20-17(22)21(3)9-7-16-6-4-5-8-18-16/h4-6,8,10-11H,7,9,12H2,1-3H3,(H,20,22). The summed E-state index contributed by atoms with van der Waals surface area (Å²) in [5, 5.41) is 2.91. The van der Waals surface area contributed by atoms with Crippen molar-refractivity contribution in [3.05, 3.63) is 59.2 Å². The van der Waals surface area contributed by atoms with E-state index in [0.717, 1.165) is 28.9 Å². The summed E-state index contributed by atoms with van der Waals surface area (Å²) in [6.07, 6.45) is 4.31. The molecule has 0 atom stereocenters. The van der Waals surface area contributed by atoms with Gasteiger partial charge in [-0.05, 0) is 37.1 Å². The van der Waals surface area contributed by atoms with E-state index in [4.69, 9.17) is 0 Å². The first-order chi connectivity index (χ1) is 10.6. The third-order valence-electron chi connectivity index (χ3n) is 3.62. The summed E-state index contributed by atoms with van der Waals surface area (Å²) in [4.78, 5) is 22.3. The van der Waals surface area contributed by atoms with Crippen molar-refractivity contribution in [2.24, 2.45) is 0 Å². The van der Waals surface area contributed by atoms with Gasteiger partial charge in [0.05, 0.1) is 0 Å². The van der Waals surface area contributed by atoms with Crippen molar-refractivity contribution < 1.29 is 4.79 Å². The van der Waals surface area contributed by atoms with Gasteiger partial charge in [-0.15, -0.1) is 0 Å². The Morgan fingerprint density at radius 2 is 2.09 bits per heavy atom. The molecule has 0 aliphatic carbocycles. The molecule has 2 heterocycles. The summed E-state index contributed by atoms with van der Waals surface area (Å²) in [5.41, 5.74) is 4.15. The molecular formula is C17H22N4O. The topological polar surface area (TPSA) is 58.1 Å². The largest absolute Gasteiger partial charge is 0.334 e. The van der Waals surface area contributed by atoms with Crippen molar-refractivity contribution in [1.29, 1.82) is 0 Å². The zero-order chi connectivity index (χ0) is 15.9. The number of amides is 2. The average Bonchev–Trinajstić information content (AvgIpc) is 2.54. The lowest BCUT2D eigenvalue weighted by Crippen LogP contribution is -2.38. The molecule has 2 aromatic rings. The Hall–Kier alpha value is -2.43. The molecule has 0 spiro atoms. The van der Waals surface area contributed by atoms with E-state index >= 15 is 0 Å². The van der Waals surface area contributed by atoms with E-state index in [-0.39, 0.29) is 6.03 Å². The van der Waals surface area contributed by atoms with Gasteiger partial charge in [-0.2, -0.15) is 0 Å². The summed E-state index contributed by atoms with van der Waals surface area (Å²) in [6, 6.07) is 7.77. The van der Waals surface area contributed by atoms with Crippen LogP contribution in [0.5, 0.6) is 0 Å². The quantitative estimate of drug-likeness (QED) is 0.922. The first-order valence-corrected chi connectivity index (χ1v) is 7.37. The lowest BCUT2D eigenvalue weighted by Gasteiger charge is -2.18. The van der Waals surface area contributed by atoms with Gasteiger partial charge in [0.1, 0.15) is 0 Å².